The first-order chi connectivity index (χ1) is 26.4. The predicted molar refractivity (Wildman–Crippen MR) is 207 cm³/mol. The summed E-state index contributed by atoms with van der Waals surface area (Å²) in [4.78, 5) is 46.3. The number of fused-ring (bicyclic) bond motifs is 1. The smallest absolute Gasteiger partial charge is 0.355 e. The van der Waals surface area contributed by atoms with E-state index in [-0.39, 0.29) is 24.0 Å². The second kappa shape index (κ2) is 16.1. The Morgan fingerprint density at radius 2 is 1.54 bits per heavy atom. The highest BCUT2D eigenvalue weighted by Gasteiger charge is 2.54. The highest BCUT2D eigenvalue weighted by Crippen LogP contribution is 2.42. The van der Waals surface area contributed by atoms with Crippen molar-refractivity contribution in [1.82, 2.24) is 19.6 Å². The summed E-state index contributed by atoms with van der Waals surface area (Å²) < 4.78 is 15.1. The lowest BCUT2D eigenvalue weighted by molar-refractivity contribution is -0.153. The number of hydrogen-bond acceptors (Lipinski definition) is 12. The van der Waals surface area contributed by atoms with Gasteiger partial charge in [0.1, 0.15) is 35.0 Å². The lowest BCUT2D eigenvalue weighted by Gasteiger charge is -2.49. The van der Waals surface area contributed by atoms with Crippen LogP contribution in [-0.2, 0) is 31.3 Å². The topological polar surface area (TPSA) is 155 Å². The molecule has 1 fully saturated rings. The van der Waals surface area contributed by atoms with E-state index in [9.17, 15) is 19.6 Å². The van der Waals surface area contributed by atoms with Crippen molar-refractivity contribution in [1.29, 1.82) is 0 Å². The number of alkyl halides is 1. The monoisotopic (exact) mass is 780 g/mol. The zero-order valence-electron chi connectivity index (χ0n) is 28.7. The molecule has 2 amide bonds. The van der Waals surface area contributed by atoms with Crippen molar-refractivity contribution in [2.24, 2.45) is 5.16 Å². The molecule has 3 N–H and O–H groups in total. The van der Waals surface area contributed by atoms with Crippen molar-refractivity contribution in [3.8, 4) is 5.75 Å². The van der Waals surface area contributed by atoms with E-state index in [2.05, 4.69) is 25.1 Å². The first-order valence-electron chi connectivity index (χ1n) is 16.7. The molecule has 0 spiro atoms. The molecule has 15 heteroatoms. The number of hydrogen-bond donors (Lipinski definition) is 3. The van der Waals surface area contributed by atoms with Gasteiger partial charge in [-0.2, -0.15) is 9.36 Å². The standard InChI is InChI=1S/C39H33ClN6O6S2/c1-51-29-19-17-24(18-20-29)22-52-37(49)32-25(21-40)23-53-36-31(35(48)46(32)36)41-34(47)30(44-50)33-42-38(54-45-33)43-39(26-11-5-2-6-12-26,27-13-7-3-8-14-27)28-15-9-4-10-16-28/h2-20,31,36,50H,21-23H2,1H3,(H,41,47)(H,42,43,45)/b44-30-/t31-,36-/m1/s1. The molecule has 3 heterocycles. The Hall–Kier alpha value is -5.70. The molecule has 7 rings (SSSR count). The number of carbonyl (C=O) groups excluding carboxylic acids is 3. The van der Waals surface area contributed by atoms with Gasteiger partial charge in [-0.25, -0.2) is 4.79 Å². The zero-order chi connectivity index (χ0) is 37.7. The van der Waals surface area contributed by atoms with Crippen molar-refractivity contribution >= 4 is 63.5 Å². The van der Waals surface area contributed by atoms with Crippen LogP contribution in [0, 0.1) is 0 Å². The summed E-state index contributed by atoms with van der Waals surface area (Å²) in [6.07, 6.45) is 0. The molecule has 2 aliphatic rings. The largest absolute Gasteiger partial charge is 0.497 e. The number of oxime groups is 1. The summed E-state index contributed by atoms with van der Waals surface area (Å²) >= 11 is 8.52. The number of anilines is 1. The van der Waals surface area contributed by atoms with Gasteiger partial charge in [-0.15, -0.1) is 23.4 Å². The van der Waals surface area contributed by atoms with E-state index in [1.807, 2.05) is 91.0 Å². The number of thioether (sulfide) groups is 1. The summed E-state index contributed by atoms with van der Waals surface area (Å²) in [6.45, 7) is -0.0289. The molecule has 274 valence electrons. The van der Waals surface area contributed by atoms with Gasteiger partial charge in [0, 0.05) is 23.2 Å². The predicted octanol–water partition coefficient (Wildman–Crippen LogP) is 5.77. The summed E-state index contributed by atoms with van der Waals surface area (Å²) in [5, 5.41) is 19.2. The maximum atomic E-state index is 13.6. The minimum atomic E-state index is -1.03. The third-order valence-electron chi connectivity index (χ3n) is 9.09. The number of benzene rings is 4. The van der Waals surface area contributed by atoms with E-state index >= 15 is 0 Å². The molecule has 1 aromatic heterocycles. The summed E-state index contributed by atoms with van der Waals surface area (Å²) in [5.74, 6) is -1.23. The number of methoxy groups -OCH3 is 1. The highest BCUT2D eigenvalue weighted by atomic mass is 35.5. The van der Waals surface area contributed by atoms with Gasteiger partial charge in [0.05, 0.1) is 7.11 Å². The van der Waals surface area contributed by atoms with Crippen LogP contribution in [0.15, 0.2) is 132 Å². The van der Waals surface area contributed by atoms with Crippen LogP contribution < -0.4 is 15.4 Å². The third-order valence-corrected chi connectivity index (χ3v) is 11.4. The molecule has 1 saturated heterocycles. The molecule has 12 nitrogen and oxygen atoms in total. The molecule has 2 aliphatic heterocycles. The number of β-lactam (4-membered cyclic amide) rings is 1. The zero-order valence-corrected chi connectivity index (χ0v) is 31.1. The van der Waals surface area contributed by atoms with Crippen LogP contribution in [0.5, 0.6) is 5.75 Å². The Kier molecular flexibility index (Phi) is 10.9. The Balaban J connectivity index is 1.09. The van der Waals surface area contributed by atoms with Crippen LogP contribution in [0.1, 0.15) is 28.1 Å². The van der Waals surface area contributed by atoms with E-state index in [0.29, 0.717) is 22.2 Å². The average molecular weight is 781 g/mol. The van der Waals surface area contributed by atoms with Crippen molar-refractivity contribution in [3.05, 3.63) is 155 Å². The fourth-order valence-corrected chi connectivity index (χ4v) is 8.73. The number of ether oxygens (including phenoxy) is 2. The molecule has 4 aromatic carbocycles. The van der Waals surface area contributed by atoms with E-state index in [1.54, 1.807) is 31.4 Å². The molecule has 5 aromatic rings. The van der Waals surface area contributed by atoms with Gasteiger partial charge in [-0.3, -0.25) is 14.5 Å². The van der Waals surface area contributed by atoms with E-state index < -0.39 is 40.4 Å². The summed E-state index contributed by atoms with van der Waals surface area (Å²) in [7, 11) is 1.56. The van der Waals surface area contributed by atoms with Gasteiger partial charge in [-0.1, -0.05) is 108 Å². The quantitative estimate of drug-likeness (QED) is 0.0255. The van der Waals surface area contributed by atoms with E-state index in [0.717, 1.165) is 33.8 Å². The van der Waals surface area contributed by atoms with Gasteiger partial charge in [-0.05, 0) is 40.0 Å². The van der Waals surface area contributed by atoms with Crippen molar-refractivity contribution in [3.63, 3.8) is 0 Å². The molecule has 0 saturated carbocycles. The Morgan fingerprint density at radius 3 is 2.07 bits per heavy atom. The number of carbonyl (C=O) groups is 3. The van der Waals surface area contributed by atoms with Crippen molar-refractivity contribution < 1.29 is 29.1 Å². The van der Waals surface area contributed by atoms with Crippen LogP contribution in [0.25, 0.3) is 0 Å². The molecule has 0 aliphatic carbocycles. The van der Waals surface area contributed by atoms with Gasteiger partial charge in [0.15, 0.2) is 0 Å². The maximum absolute atomic E-state index is 13.6. The highest BCUT2D eigenvalue weighted by molar-refractivity contribution is 8.00. The maximum Gasteiger partial charge on any atom is 0.355 e. The molecule has 0 bridgehead atoms. The first kappa shape index (κ1) is 36.6. The summed E-state index contributed by atoms with van der Waals surface area (Å²) in [6, 6.07) is 35.7. The lowest BCUT2D eigenvalue weighted by Crippen LogP contribution is -2.71. The number of rotatable bonds is 13. The van der Waals surface area contributed by atoms with E-state index in [1.165, 1.54) is 16.7 Å². The normalized spacial score (nSPS) is 17.0. The van der Waals surface area contributed by atoms with Gasteiger partial charge >= 0.3 is 5.97 Å². The fourth-order valence-electron chi connectivity index (χ4n) is 6.43. The van der Waals surface area contributed by atoms with Crippen LogP contribution >= 0.6 is 34.9 Å². The minimum absolute atomic E-state index is 0.0147. The lowest BCUT2D eigenvalue weighted by atomic mass is 9.77. The third kappa shape index (κ3) is 7.02. The molecule has 54 heavy (non-hydrogen) atoms. The van der Waals surface area contributed by atoms with Crippen LogP contribution in [0.4, 0.5) is 5.13 Å². The first-order valence-corrected chi connectivity index (χ1v) is 19.1. The SMILES string of the molecule is COc1ccc(COC(=O)C2=C(CCl)CS[C@@H]3[C@H](NC(=O)/C(=N\O)c4nsc(NC(c5ccccc5)(c5ccccc5)c5ccccc5)n4)C(=O)N23)cc1. The van der Waals surface area contributed by atoms with Crippen molar-refractivity contribution in [2.45, 2.75) is 23.6 Å². The van der Waals surface area contributed by atoms with Gasteiger partial charge in [0.25, 0.3) is 11.8 Å². The number of nitrogens with zero attached hydrogens (tertiary/aromatic N) is 4. The summed E-state index contributed by atoms with van der Waals surface area (Å²) in [5.41, 5.74) is 2.73. The number of esters is 1. The number of amides is 2. The molecule has 2 atom stereocenters. The second-order valence-corrected chi connectivity index (χ2v) is 14.3. The van der Waals surface area contributed by atoms with Crippen LogP contribution in [0.2, 0.25) is 0 Å². The second-order valence-electron chi connectivity index (χ2n) is 12.2. The molecule has 0 radical (unpaired) electrons. The van der Waals surface area contributed by atoms with Gasteiger partial charge < -0.3 is 25.3 Å². The van der Waals surface area contributed by atoms with Crippen LogP contribution in [0.3, 0.4) is 0 Å². The molecule has 0 unspecified atom stereocenters. The Bertz CT molecular complexity index is 2110. The van der Waals surface area contributed by atoms with Gasteiger partial charge in [0.2, 0.25) is 16.7 Å². The Labute approximate surface area is 324 Å². The minimum Gasteiger partial charge on any atom is -0.497 e. The number of nitrogens with one attached hydrogen (secondary N) is 2. The number of aromatic nitrogens is 2. The van der Waals surface area contributed by atoms with E-state index in [4.69, 9.17) is 21.1 Å². The molecular formula is C39H33ClN6O6S2. The Morgan fingerprint density at radius 1 is 0.944 bits per heavy atom. The number of halogens is 1. The molecular weight excluding hydrogens is 748 g/mol. The van der Waals surface area contributed by atoms with Crippen LogP contribution in [-0.4, -0.2) is 73.1 Å². The van der Waals surface area contributed by atoms with Crippen molar-refractivity contribution in [2.75, 3.05) is 24.1 Å². The fraction of sp³-hybridized carbons (Fsp3) is 0.179. The average Bonchev–Trinajstić information content (AvgIpc) is 3.69.